The molecule has 0 aliphatic carbocycles. The molecule has 0 bridgehead atoms. The summed E-state index contributed by atoms with van der Waals surface area (Å²) in [5.74, 6) is 1.50. The van der Waals surface area contributed by atoms with Crippen molar-refractivity contribution in [2.45, 2.75) is 20.4 Å². The fourth-order valence-corrected chi connectivity index (χ4v) is 2.03. The van der Waals surface area contributed by atoms with Gasteiger partial charge >= 0.3 is 0 Å². The van der Waals surface area contributed by atoms with Crippen LogP contribution in [-0.4, -0.2) is 62.5 Å². The highest BCUT2D eigenvalue weighted by Crippen LogP contribution is 2.13. The van der Waals surface area contributed by atoms with Gasteiger partial charge in [-0.25, -0.2) is 4.99 Å². The van der Waals surface area contributed by atoms with Crippen molar-refractivity contribution in [3.05, 3.63) is 42.0 Å². The number of carbonyl (C=O) groups excluding carboxylic acids is 1. The van der Waals surface area contributed by atoms with E-state index in [0.29, 0.717) is 25.7 Å². The van der Waals surface area contributed by atoms with Gasteiger partial charge in [0.25, 0.3) is 0 Å². The van der Waals surface area contributed by atoms with Crippen LogP contribution in [0.3, 0.4) is 0 Å². The number of rotatable bonds is 8. The standard InChI is InChI=1S/C19H30N4O2/c1-7-25-17-10-8-16(9-11-17)14-23(6)19(20-12-15(2)3)21-13-18(24)22(4)5/h8-11H,2,7,12-14H2,1,3-6H3,(H,20,21). The lowest BCUT2D eigenvalue weighted by Crippen LogP contribution is -2.40. The molecule has 0 aliphatic rings. The van der Waals surface area contributed by atoms with Gasteiger partial charge in [0.05, 0.1) is 6.61 Å². The van der Waals surface area contributed by atoms with Crippen molar-refractivity contribution in [1.29, 1.82) is 0 Å². The molecule has 1 N–H and O–H groups in total. The summed E-state index contributed by atoms with van der Waals surface area (Å²) in [6, 6.07) is 7.98. The third-order valence-electron chi connectivity index (χ3n) is 3.43. The summed E-state index contributed by atoms with van der Waals surface area (Å²) >= 11 is 0. The molecule has 0 aliphatic heterocycles. The Hall–Kier alpha value is -2.50. The molecule has 0 fully saturated rings. The highest BCUT2D eigenvalue weighted by atomic mass is 16.5. The molecule has 0 saturated carbocycles. The summed E-state index contributed by atoms with van der Waals surface area (Å²) in [4.78, 5) is 19.8. The second-order valence-corrected chi connectivity index (χ2v) is 6.17. The first kappa shape index (κ1) is 20.5. The molecular weight excluding hydrogens is 316 g/mol. The number of guanidine groups is 1. The van der Waals surface area contributed by atoms with E-state index in [1.54, 1.807) is 14.1 Å². The largest absolute Gasteiger partial charge is 0.494 e. The molecule has 1 rings (SSSR count). The summed E-state index contributed by atoms with van der Waals surface area (Å²) in [7, 11) is 5.39. The van der Waals surface area contributed by atoms with Crippen LogP contribution in [0.2, 0.25) is 0 Å². The van der Waals surface area contributed by atoms with Crippen LogP contribution in [0, 0.1) is 0 Å². The number of nitrogens with zero attached hydrogens (tertiary/aromatic N) is 3. The van der Waals surface area contributed by atoms with Gasteiger partial charge in [0.1, 0.15) is 12.3 Å². The zero-order valence-electron chi connectivity index (χ0n) is 16.0. The van der Waals surface area contributed by atoms with Gasteiger partial charge in [-0.2, -0.15) is 0 Å². The van der Waals surface area contributed by atoms with Crippen LogP contribution in [0.1, 0.15) is 19.4 Å². The Kier molecular flexibility index (Phi) is 8.53. The van der Waals surface area contributed by atoms with Gasteiger partial charge in [-0.1, -0.05) is 24.3 Å². The summed E-state index contributed by atoms with van der Waals surface area (Å²) in [5, 5.41) is 3.25. The van der Waals surface area contributed by atoms with E-state index in [0.717, 1.165) is 16.9 Å². The van der Waals surface area contributed by atoms with Crippen molar-refractivity contribution in [2.75, 3.05) is 40.8 Å². The Morgan fingerprint density at radius 2 is 1.88 bits per heavy atom. The zero-order valence-corrected chi connectivity index (χ0v) is 16.0. The van der Waals surface area contributed by atoms with E-state index in [-0.39, 0.29) is 12.5 Å². The SMILES string of the molecule is C=C(C)CNC(=NCC(=O)N(C)C)N(C)Cc1ccc(OCC)cc1. The Morgan fingerprint density at radius 3 is 2.40 bits per heavy atom. The molecule has 25 heavy (non-hydrogen) atoms. The molecule has 138 valence electrons. The number of likely N-dealkylation sites (N-methyl/N-ethyl adjacent to an activating group) is 1. The minimum atomic E-state index is -0.0379. The van der Waals surface area contributed by atoms with Crippen LogP contribution < -0.4 is 10.1 Å². The number of amides is 1. The minimum Gasteiger partial charge on any atom is -0.494 e. The van der Waals surface area contributed by atoms with E-state index >= 15 is 0 Å². The lowest BCUT2D eigenvalue weighted by atomic mass is 10.2. The first-order chi connectivity index (χ1) is 11.8. The first-order valence-electron chi connectivity index (χ1n) is 8.39. The van der Waals surface area contributed by atoms with Gasteiger partial charge in [-0.05, 0) is 31.5 Å². The number of nitrogens with one attached hydrogen (secondary N) is 1. The van der Waals surface area contributed by atoms with Crippen LogP contribution in [-0.2, 0) is 11.3 Å². The van der Waals surface area contributed by atoms with Gasteiger partial charge in [-0.15, -0.1) is 0 Å². The van der Waals surface area contributed by atoms with E-state index < -0.39 is 0 Å². The van der Waals surface area contributed by atoms with Crippen LogP contribution in [0.25, 0.3) is 0 Å². The molecule has 1 aromatic rings. The van der Waals surface area contributed by atoms with Crippen molar-refractivity contribution in [3.63, 3.8) is 0 Å². The second kappa shape index (κ2) is 10.4. The highest BCUT2D eigenvalue weighted by Gasteiger charge is 2.10. The maximum atomic E-state index is 11.8. The third-order valence-corrected chi connectivity index (χ3v) is 3.43. The Bertz CT molecular complexity index is 594. The molecular formula is C19H30N4O2. The van der Waals surface area contributed by atoms with Gasteiger partial charge < -0.3 is 19.9 Å². The normalized spacial score (nSPS) is 11.0. The Balaban J connectivity index is 2.79. The lowest BCUT2D eigenvalue weighted by molar-refractivity contribution is -0.127. The molecule has 1 amide bonds. The number of aliphatic imine (C=N–C) groups is 1. The molecule has 0 unspecified atom stereocenters. The van der Waals surface area contributed by atoms with Crippen LogP contribution in [0.5, 0.6) is 5.75 Å². The first-order valence-corrected chi connectivity index (χ1v) is 8.39. The number of hydrogen-bond acceptors (Lipinski definition) is 3. The lowest BCUT2D eigenvalue weighted by Gasteiger charge is -2.23. The molecule has 6 nitrogen and oxygen atoms in total. The molecule has 0 atom stereocenters. The summed E-state index contributed by atoms with van der Waals surface area (Å²) in [5.41, 5.74) is 2.14. The summed E-state index contributed by atoms with van der Waals surface area (Å²) < 4.78 is 5.46. The topological polar surface area (TPSA) is 57.2 Å². The van der Waals surface area contributed by atoms with E-state index in [4.69, 9.17) is 4.74 Å². The van der Waals surface area contributed by atoms with Crippen LogP contribution in [0.15, 0.2) is 41.4 Å². The maximum absolute atomic E-state index is 11.8. The van der Waals surface area contributed by atoms with Crippen LogP contribution >= 0.6 is 0 Å². The number of carbonyl (C=O) groups is 1. The predicted octanol–water partition coefficient (Wildman–Crippen LogP) is 2.13. The summed E-state index contributed by atoms with van der Waals surface area (Å²) in [6.45, 7) is 9.86. The number of benzene rings is 1. The van der Waals surface area contributed by atoms with Gasteiger partial charge in [0.15, 0.2) is 5.96 Å². The predicted molar refractivity (Wildman–Crippen MR) is 103 cm³/mol. The maximum Gasteiger partial charge on any atom is 0.243 e. The highest BCUT2D eigenvalue weighted by molar-refractivity contribution is 5.84. The van der Waals surface area contributed by atoms with Gasteiger partial charge in [-0.3, -0.25) is 4.79 Å². The molecule has 0 spiro atoms. The zero-order chi connectivity index (χ0) is 18.8. The van der Waals surface area contributed by atoms with E-state index in [1.807, 2.05) is 50.1 Å². The number of hydrogen-bond donors (Lipinski definition) is 1. The van der Waals surface area contributed by atoms with E-state index in [1.165, 1.54) is 4.90 Å². The molecule has 1 aromatic carbocycles. The Morgan fingerprint density at radius 1 is 1.24 bits per heavy atom. The third kappa shape index (κ3) is 7.74. The van der Waals surface area contributed by atoms with Crippen molar-refractivity contribution >= 4 is 11.9 Å². The van der Waals surface area contributed by atoms with Gasteiger partial charge in [0.2, 0.25) is 5.91 Å². The van der Waals surface area contributed by atoms with Crippen LogP contribution in [0.4, 0.5) is 0 Å². The molecule has 0 radical (unpaired) electrons. The van der Waals surface area contributed by atoms with Crippen molar-refractivity contribution in [3.8, 4) is 5.75 Å². The average Bonchev–Trinajstić information content (AvgIpc) is 2.56. The van der Waals surface area contributed by atoms with E-state index in [2.05, 4.69) is 16.9 Å². The summed E-state index contributed by atoms with van der Waals surface area (Å²) in [6.07, 6.45) is 0. The monoisotopic (exact) mass is 346 g/mol. The molecule has 6 heteroatoms. The Labute approximate surface area is 151 Å². The molecule has 0 saturated heterocycles. The smallest absolute Gasteiger partial charge is 0.243 e. The fourth-order valence-electron chi connectivity index (χ4n) is 2.03. The van der Waals surface area contributed by atoms with Crippen molar-refractivity contribution in [2.24, 2.45) is 4.99 Å². The van der Waals surface area contributed by atoms with Crippen molar-refractivity contribution in [1.82, 2.24) is 15.1 Å². The number of ether oxygens (including phenoxy) is 1. The van der Waals surface area contributed by atoms with E-state index in [9.17, 15) is 4.79 Å². The second-order valence-electron chi connectivity index (χ2n) is 6.17. The molecule has 0 aromatic heterocycles. The minimum absolute atomic E-state index is 0.0379. The molecule has 0 heterocycles. The quantitative estimate of drug-likeness (QED) is 0.445. The van der Waals surface area contributed by atoms with Crippen molar-refractivity contribution < 1.29 is 9.53 Å². The fraction of sp³-hybridized carbons (Fsp3) is 0.474. The van der Waals surface area contributed by atoms with Gasteiger partial charge in [0, 0.05) is 34.2 Å². The average molecular weight is 346 g/mol.